The second-order valence-electron chi connectivity index (χ2n) is 5.34. The van der Waals surface area contributed by atoms with Gasteiger partial charge in [0.05, 0.1) is 5.56 Å². The van der Waals surface area contributed by atoms with Gasteiger partial charge >= 0.3 is 5.97 Å². The normalized spacial score (nSPS) is 11.8. The van der Waals surface area contributed by atoms with Crippen molar-refractivity contribution in [3.8, 4) is 0 Å². The fourth-order valence-corrected chi connectivity index (χ4v) is 2.33. The smallest absolute Gasteiger partial charge is 0.326 e. The number of hydrogen-bond acceptors (Lipinski definition) is 2. The van der Waals surface area contributed by atoms with E-state index in [4.69, 9.17) is 0 Å². The summed E-state index contributed by atoms with van der Waals surface area (Å²) in [4.78, 5) is 23.3. The molecule has 0 aliphatic rings. The van der Waals surface area contributed by atoms with Crippen molar-refractivity contribution in [1.82, 2.24) is 5.32 Å². The highest BCUT2D eigenvalue weighted by Crippen LogP contribution is 2.12. The first kappa shape index (κ1) is 17.6. The van der Waals surface area contributed by atoms with Crippen LogP contribution in [0.15, 0.2) is 48.5 Å². The highest BCUT2D eigenvalue weighted by Gasteiger charge is 2.22. The van der Waals surface area contributed by atoms with E-state index in [-0.39, 0.29) is 6.42 Å². The number of carboxylic acid groups (broad SMARTS) is 1. The topological polar surface area (TPSA) is 66.4 Å². The van der Waals surface area contributed by atoms with Crippen molar-refractivity contribution < 1.29 is 23.5 Å². The van der Waals surface area contributed by atoms with Crippen LogP contribution in [0.3, 0.4) is 0 Å². The molecule has 0 heterocycles. The molecule has 0 aromatic heterocycles. The standard InChI is InChI=1S/C18H17F2NO3/c19-14-10-5-9-13(16(14)20)17(22)21-15(18(23)24)11-4-8-12-6-2-1-3-7-12/h1-3,5-7,9-10,15H,4,8,11H2,(H,21,22)(H,23,24)/t15-/m1/s1. The van der Waals surface area contributed by atoms with E-state index in [9.17, 15) is 23.5 Å². The van der Waals surface area contributed by atoms with Crippen molar-refractivity contribution in [2.24, 2.45) is 0 Å². The number of aryl methyl sites for hydroxylation is 1. The van der Waals surface area contributed by atoms with Gasteiger partial charge in [-0.1, -0.05) is 36.4 Å². The molecule has 0 aliphatic heterocycles. The summed E-state index contributed by atoms with van der Waals surface area (Å²) in [5.41, 5.74) is 0.549. The number of amides is 1. The summed E-state index contributed by atoms with van der Waals surface area (Å²) in [6.07, 6.45) is 1.38. The molecule has 0 radical (unpaired) electrons. The predicted octanol–water partition coefficient (Wildman–Crippen LogP) is 3.17. The number of carboxylic acids is 1. The zero-order valence-corrected chi connectivity index (χ0v) is 12.8. The summed E-state index contributed by atoms with van der Waals surface area (Å²) < 4.78 is 26.7. The Kier molecular flexibility index (Phi) is 6.01. The predicted molar refractivity (Wildman–Crippen MR) is 84.6 cm³/mol. The van der Waals surface area contributed by atoms with E-state index in [0.717, 1.165) is 17.7 Å². The molecule has 0 bridgehead atoms. The molecule has 2 N–H and O–H groups in total. The minimum Gasteiger partial charge on any atom is -0.480 e. The Morgan fingerprint density at radius 1 is 1.04 bits per heavy atom. The van der Waals surface area contributed by atoms with Gasteiger partial charge in [0, 0.05) is 0 Å². The molecule has 2 aromatic rings. The fraction of sp³-hybridized carbons (Fsp3) is 0.222. The third-order valence-electron chi connectivity index (χ3n) is 3.60. The summed E-state index contributed by atoms with van der Waals surface area (Å²) >= 11 is 0. The number of carbonyl (C=O) groups excluding carboxylic acids is 1. The average Bonchev–Trinajstić information content (AvgIpc) is 2.57. The maximum absolute atomic E-state index is 13.6. The fourth-order valence-electron chi connectivity index (χ4n) is 2.33. The summed E-state index contributed by atoms with van der Waals surface area (Å²) in [6, 6.07) is 11.5. The van der Waals surface area contributed by atoms with Crippen LogP contribution in [0.5, 0.6) is 0 Å². The number of rotatable bonds is 7. The molecule has 2 aromatic carbocycles. The third kappa shape index (κ3) is 4.62. The van der Waals surface area contributed by atoms with E-state index in [2.05, 4.69) is 5.32 Å². The zero-order chi connectivity index (χ0) is 17.5. The van der Waals surface area contributed by atoms with Crippen LogP contribution in [-0.2, 0) is 11.2 Å². The number of aliphatic carboxylic acids is 1. The Labute approximate surface area is 138 Å². The molecule has 6 heteroatoms. The molecule has 0 fully saturated rings. The van der Waals surface area contributed by atoms with Crippen molar-refractivity contribution in [1.29, 1.82) is 0 Å². The monoisotopic (exact) mass is 333 g/mol. The lowest BCUT2D eigenvalue weighted by Gasteiger charge is -2.15. The number of hydrogen-bond donors (Lipinski definition) is 2. The first-order valence-corrected chi connectivity index (χ1v) is 7.50. The van der Waals surface area contributed by atoms with Crippen molar-refractivity contribution in [3.05, 3.63) is 71.3 Å². The first-order valence-electron chi connectivity index (χ1n) is 7.50. The molecule has 2 rings (SSSR count). The van der Waals surface area contributed by atoms with Gasteiger partial charge in [-0.05, 0) is 37.0 Å². The van der Waals surface area contributed by atoms with Crippen molar-refractivity contribution >= 4 is 11.9 Å². The van der Waals surface area contributed by atoms with Gasteiger partial charge < -0.3 is 10.4 Å². The number of halogens is 2. The quantitative estimate of drug-likeness (QED) is 0.818. The maximum Gasteiger partial charge on any atom is 0.326 e. The Bertz CT molecular complexity index is 719. The van der Waals surface area contributed by atoms with Gasteiger partial charge in [-0.2, -0.15) is 0 Å². The molecule has 0 saturated carbocycles. The van der Waals surface area contributed by atoms with Gasteiger partial charge in [-0.25, -0.2) is 13.6 Å². The highest BCUT2D eigenvalue weighted by molar-refractivity contribution is 5.96. The van der Waals surface area contributed by atoms with Crippen LogP contribution in [0, 0.1) is 11.6 Å². The SMILES string of the molecule is O=C(N[C@H](CCCc1ccccc1)C(=O)O)c1cccc(F)c1F. The van der Waals surface area contributed by atoms with E-state index < -0.39 is 35.1 Å². The highest BCUT2D eigenvalue weighted by atomic mass is 19.2. The van der Waals surface area contributed by atoms with E-state index in [0.29, 0.717) is 12.8 Å². The molecule has 126 valence electrons. The van der Waals surface area contributed by atoms with Crippen LogP contribution < -0.4 is 5.32 Å². The summed E-state index contributed by atoms with van der Waals surface area (Å²) in [7, 11) is 0. The number of nitrogens with one attached hydrogen (secondary N) is 1. The van der Waals surface area contributed by atoms with Crippen molar-refractivity contribution in [2.45, 2.75) is 25.3 Å². The van der Waals surface area contributed by atoms with Crippen LogP contribution in [0.25, 0.3) is 0 Å². The summed E-state index contributed by atoms with van der Waals surface area (Å²) in [5.74, 6) is -4.60. The molecule has 0 aliphatic carbocycles. The van der Waals surface area contributed by atoms with Crippen LogP contribution in [0.2, 0.25) is 0 Å². The molecule has 0 saturated heterocycles. The molecule has 4 nitrogen and oxygen atoms in total. The van der Waals surface area contributed by atoms with Gasteiger partial charge in [-0.15, -0.1) is 0 Å². The lowest BCUT2D eigenvalue weighted by atomic mass is 10.0. The zero-order valence-electron chi connectivity index (χ0n) is 12.8. The van der Waals surface area contributed by atoms with E-state index in [1.807, 2.05) is 30.3 Å². The van der Waals surface area contributed by atoms with Crippen LogP contribution in [-0.4, -0.2) is 23.0 Å². The molecular formula is C18H17F2NO3. The third-order valence-corrected chi connectivity index (χ3v) is 3.60. The molecule has 0 spiro atoms. The van der Waals surface area contributed by atoms with Crippen molar-refractivity contribution in [2.75, 3.05) is 0 Å². The van der Waals surface area contributed by atoms with E-state index in [1.165, 1.54) is 6.07 Å². The summed E-state index contributed by atoms with van der Waals surface area (Å²) in [5, 5.41) is 11.4. The van der Waals surface area contributed by atoms with Gasteiger partial charge in [0.2, 0.25) is 0 Å². The largest absolute Gasteiger partial charge is 0.480 e. The Morgan fingerprint density at radius 2 is 1.75 bits per heavy atom. The Hall–Kier alpha value is -2.76. The second kappa shape index (κ2) is 8.19. The average molecular weight is 333 g/mol. The van der Waals surface area contributed by atoms with E-state index >= 15 is 0 Å². The molecule has 1 amide bonds. The van der Waals surface area contributed by atoms with Gasteiger partial charge in [0.25, 0.3) is 5.91 Å². The minimum atomic E-state index is -1.29. The first-order chi connectivity index (χ1) is 11.5. The van der Waals surface area contributed by atoms with Gasteiger partial charge in [0.15, 0.2) is 11.6 Å². The lowest BCUT2D eigenvalue weighted by molar-refractivity contribution is -0.139. The molecule has 24 heavy (non-hydrogen) atoms. The second-order valence-corrected chi connectivity index (χ2v) is 5.34. The maximum atomic E-state index is 13.6. The van der Waals surface area contributed by atoms with Crippen LogP contribution in [0.1, 0.15) is 28.8 Å². The van der Waals surface area contributed by atoms with E-state index in [1.54, 1.807) is 0 Å². The Morgan fingerprint density at radius 3 is 2.42 bits per heavy atom. The summed E-state index contributed by atoms with van der Waals surface area (Å²) in [6.45, 7) is 0. The van der Waals surface area contributed by atoms with Crippen LogP contribution in [0.4, 0.5) is 8.78 Å². The molecule has 0 unspecified atom stereocenters. The van der Waals surface area contributed by atoms with Gasteiger partial charge in [-0.3, -0.25) is 4.79 Å². The Balaban J connectivity index is 1.96. The molecule has 1 atom stereocenters. The van der Waals surface area contributed by atoms with Gasteiger partial charge in [0.1, 0.15) is 6.04 Å². The number of carbonyl (C=O) groups is 2. The molecular weight excluding hydrogens is 316 g/mol. The minimum absolute atomic E-state index is 0.187. The van der Waals surface area contributed by atoms with Crippen LogP contribution >= 0.6 is 0 Å². The lowest BCUT2D eigenvalue weighted by Crippen LogP contribution is -2.41. The van der Waals surface area contributed by atoms with Crippen molar-refractivity contribution in [3.63, 3.8) is 0 Å². The number of benzene rings is 2.